The standard InChI is InChI=1S/C40H39ClF7N7O2S/c1-52-9-11-54(12-10-52)32-8-6-26(27-5-7-30(41)34-31(20-58(3,4)57)50-53(2)36(27)34)35(49-32)22(13-21-14-23(42)17-24(43)15-21)16-25(56)19-55-38-33(37(51-55)40(46,47)48)28-18-29(28)39(38,44)45/h5-8,14-15,17,22,28-29H,3,9-13,16,18-20H2,1-2,4H3/t22-,28+,29-,58?/m1/s1. The number of hydrogen-bond acceptors (Lipinski definition) is 7. The highest BCUT2D eigenvalue weighted by atomic mass is 35.5. The van der Waals surface area contributed by atoms with Gasteiger partial charge >= 0.3 is 6.18 Å². The second-order valence-electron chi connectivity index (χ2n) is 15.9. The highest BCUT2D eigenvalue weighted by molar-refractivity contribution is 7.98. The van der Waals surface area contributed by atoms with Gasteiger partial charge in [0, 0.05) is 85.9 Å². The first-order valence-corrected chi connectivity index (χ1v) is 21.3. The Balaban J connectivity index is 1.27. The van der Waals surface area contributed by atoms with E-state index in [0.717, 1.165) is 25.2 Å². The molecule has 5 aromatic rings. The molecule has 4 heterocycles. The third kappa shape index (κ3) is 7.49. The van der Waals surface area contributed by atoms with Crippen molar-refractivity contribution in [2.75, 3.05) is 44.4 Å². The smallest absolute Gasteiger partial charge is 0.354 e. The lowest BCUT2D eigenvalue weighted by atomic mass is 9.86. The van der Waals surface area contributed by atoms with Gasteiger partial charge < -0.3 is 9.80 Å². The van der Waals surface area contributed by atoms with Gasteiger partial charge in [-0.2, -0.15) is 32.1 Å². The molecule has 1 unspecified atom stereocenters. The zero-order chi connectivity index (χ0) is 41.6. The highest BCUT2D eigenvalue weighted by Gasteiger charge is 2.68. The van der Waals surface area contributed by atoms with E-state index in [1.54, 1.807) is 23.9 Å². The molecule has 58 heavy (non-hydrogen) atoms. The largest absolute Gasteiger partial charge is 0.435 e. The van der Waals surface area contributed by atoms with Crippen LogP contribution in [0.3, 0.4) is 0 Å². The Bertz CT molecular complexity index is 2560. The number of ketones is 1. The van der Waals surface area contributed by atoms with Crippen molar-refractivity contribution >= 4 is 49.5 Å². The molecule has 308 valence electrons. The number of pyridine rings is 1. The van der Waals surface area contributed by atoms with Crippen LogP contribution in [0.2, 0.25) is 5.02 Å². The number of likely N-dealkylation sites (N-methyl/N-ethyl adjacent to an activating group) is 1. The fraction of sp³-hybridized carbons (Fsp3) is 0.425. The lowest BCUT2D eigenvalue weighted by Gasteiger charge is -2.34. The maximum atomic E-state index is 15.5. The Morgan fingerprint density at radius 2 is 1.69 bits per heavy atom. The SMILES string of the molecule is C=S(C)(=O)Cc1nn(C)c2c(-c3ccc(N4CCN(C)CC4)nc3[C@@H](CC(=O)Cn3nc(C(F)(F)F)c4c3C(F)(F)[C@@H]3C[C@H]43)Cc3cc(F)cc(F)c3)ccc(Cl)c12. The van der Waals surface area contributed by atoms with Gasteiger partial charge in [0.1, 0.15) is 29.7 Å². The van der Waals surface area contributed by atoms with Crippen molar-refractivity contribution in [2.24, 2.45) is 13.0 Å². The summed E-state index contributed by atoms with van der Waals surface area (Å²) in [4.78, 5) is 23.5. The van der Waals surface area contributed by atoms with Gasteiger partial charge in [0.25, 0.3) is 5.92 Å². The van der Waals surface area contributed by atoms with Crippen molar-refractivity contribution in [3.8, 4) is 11.1 Å². The van der Waals surface area contributed by atoms with Crippen LogP contribution in [-0.2, 0) is 52.2 Å². The predicted molar refractivity (Wildman–Crippen MR) is 208 cm³/mol. The van der Waals surface area contributed by atoms with Crippen LogP contribution in [0, 0.1) is 17.6 Å². The van der Waals surface area contributed by atoms with Crippen LogP contribution >= 0.6 is 11.6 Å². The van der Waals surface area contributed by atoms with E-state index in [0.29, 0.717) is 68.1 Å². The zero-order valence-corrected chi connectivity index (χ0v) is 33.3. The average Bonchev–Trinajstić information content (AvgIpc) is 3.66. The zero-order valence-electron chi connectivity index (χ0n) is 31.7. The van der Waals surface area contributed by atoms with Gasteiger partial charge in [-0.05, 0) is 77.1 Å². The number of carbonyl (C=O) groups is 1. The first kappa shape index (κ1) is 40.3. The number of alkyl halides is 5. The monoisotopic (exact) mass is 849 g/mol. The fourth-order valence-corrected chi connectivity index (χ4v) is 9.70. The molecule has 0 amide bonds. The van der Waals surface area contributed by atoms with E-state index < -0.39 is 86.7 Å². The number of carbonyl (C=O) groups excluding carboxylic acids is 1. The molecule has 2 fully saturated rings. The molecule has 0 bridgehead atoms. The van der Waals surface area contributed by atoms with Crippen LogP contribution < -0.4 is 4.90 Å². The number of aromatic nitrogens is 5. The van der Waals surface area contributed by atoms with Gasteiger partial charge in [0.2, 0.25) is 0 Å². The summed E-state index contributed by atoms with van der Waals surface area (Å²) in [5.41, 5.74) is -0.387. The summed E-state index contributed by atoms with van der Waals surface area (Å²) in [6.45, 7) is 1.78. The van der Waals surface area contributed by atoms with Gasteiger partial charge in [-0.3, -0.25) is 18.4 Å². The summed E-state index contributed by atoms with van der Waals surface area (Å²) >= 11 is 6.75. The van der Waals surface area contributed by atoms with Gasteiger partial charge in [-0.1, -0.05) is 17.7 Å². The molecule has 0 radical (unpaired) electrons. The second-order valence-corrected chi connectivity index (χ2v) is 18.9. The summed E-state index contributed by atoms with van der Waals surface area (Å²) in [7, 11) is 1.11. The maximum Gasteiger partial charge on any atom is 0.435 e. The molecular formula is C40H39ClF7N7O2S. The van der Waals surface area contributed by atoms with E-state index in [1.165, 1.54) is 6.26 Å². The molecule has 3 aliphatic rings. The third-order valence-corrected chi connectivity index (χ3v) is 12.5. The van der Waals surface area contributed by atoms with Crippen LogP contribution in [0.5, 0.6) is 0 Å². The van der Waals surface area contributed by atoms with Crippen molar-refractivity contribution in [2.45, 2.75) is 55.5 Å². The molecule has 18 heteroatoms. The number of Topliss-reactive ketones (excluding diaryl/α,β-unsaturated/α-hetero) is 1. The Hall–Kier alpha value is -4.48. The van der Waals surface area contributed by atoms with Gasteiger partial charge in [-0.15, -0.1) is 0 Å². The number of piperazine rings is 1. The number of halogens is 8. The van der Waals surface area contributed by atoms with Gasteiger partial charge in [0.05, 0.1) is 27.7 Å². The minimum atomic E-state index is -5.02. The van der Waals surface area contributed by atoms with Crippen LogP contribution in [0.4, 0.5) is 36.6 Å². The number of benzene rings is 2. The molecule has 0 N–H and O–H groups in total. The minimum Gasteiger partial charge on any atom is -0.354 e. The summed E-state index contributed by atoms with van der Waals surface area (Å²) in [5, 5.41) is 9.03. The first-order valence-electron chi connectivity index (χ1n) is 18.6. The van der Waals surface area contributed by atoms with Crippen molar-refractivity contribution in [1.82, 2.24) is 29.4 Å². The summed E-state index contributed by atoms with van der Waals surface area (Å²) in [5.74, 6) is -5.01. The van der Waals surface area contributed by atoms with E-state index in [2.05, 4.69) is 25.9 Å². The number of anilines is 1. The van der Waals surface area contributed by atoms with Crippen LogP contribution in [0.1, 0.15) is 58.6 Å². The van der Waals surface area contributed by atoms with Crippen LogP contribution in [0.15, 0.2) is 42.5 Å². The first-order chi connectivity index (χ1) is 27.2. The van der Waals surface area contributed by atoms with Gasteiger partial charge in [0.15, 0.2) is 11.5 Å². The Morgan fingerprint density at radius 1 is 1.02 bits per heavy atom. The molecular weight excluding hydrogens is 811 g/mol. The number of aryl methyl sites for hydroxylation is 1. The summed E-state index contributed by atoms with van der Waals surface area (Å²) < 4.78 is 118. The highest BCUT2D eigenvalue weighted by Crippen LogP contribution is 2.68. The van der Waals surface area contributed by atoms with Crippen molar-refractivity contribution in [3.05, 3.63) is 93.0 Å². The van der Waals surface area contributed by atoms with Crippen LogP contribution in [-0.4, -0.2) is 84.8 Å². The number of hydrogen-bond donors (Lipinski definition) is 0. The van der Waals surface area contributed by atoms with E-state index >= 15 is 8.78 Å². The Morgan fingerprint density at radius 3 is 2.34 bits per heavy atom. The summed E-state index contributed by atoms with van der Waals surface area (Å²) in [6, 6.07) is 9.93. The summed E-state index contributed by atoms with van der Waals surface area (Å²) in [6.07, 6.45) is -4.24. The number of fused-ring (bicyclic) bond motifs is 4. The molecule has 3 aromatic heterocycles. The molecule has 1 saturated carbocycles. The minimum absolute atomic E-state index is 0.0248. The van der Waals surface area contributed by atoms with E-state index in [-0.39, 0.29) is 24.2 Å². The molecule has 2 aromatic carbocycles. The maximum absolute atomic E-state index is 15.5. The molecule has 1 aliphatic heterocycles. The van der Waals surface area contributed by atoms with E-state index in [1.807, 2.05) is 19.2 Å². The molecule has 9 nitrogen and oxygen atoms in total. The molecule has 1 saturated heterocycles. The normalized spacial score (nSPS) is 20.6. The fourth-order valence-electron chi connectivity index (χ4n) is 8.66. The lowest BCUT2D eigenvalue weighted by molar-refractivity contribution is -0.142. The van der Waals surface area contributed by atoms with Crippen molar-refractivity contribution in [3.63, 3.8) is 0 Å². The molecule has 8 rings (SSSR count). The van der Waals surface area contributed by atoms with Crippen molar-refractivity contribution in [1.29, 1.82) is 0 Å². The quantitative estimate of drug-likeness (QED) is 0.100. The van der Waals surface area contributed by atoms with Crippen molar-refractivity contribution < 1.29 is 39.7 Å². The van der Waals surface area contributed by atoms with E-state index in [4.69, 9.17) is 16.6 Å². The lowest BCUT2D eigenvalue weighted by Crippen LogP contribution is -2.44. The van der Waals surface area contributed by atoms with E-state index in [9.17, 15) is 31.0 Å². The topological polar surface area (TPSA) is 89.2 Å². The molecule has 2 aliphatic carbocycles. The second kappa shape index (κ2) is 14.4. The number of nitrogens with zero attached hydrogens (tertiary/aromatic N) is 7. The van der Waals surface area contributed by atoms with Gasteiger partial charge in [-0.25, -0.2) is 13.8 Å². The van der Waals surface area contributed by atoms with Crippen LogP contribution in [0.25, 0.3) is 22.0 Å². The molecule has 0 spiro atoms. The Labute approximate surface area is 334 Å². The third-order valence-electron chi connectivity index (χ3n) is 11.3. The predicted octanol–water partition coefficient (Wildman–Crippen LogP) is 7.57. The number of rotatable bonds is 11. The Kier molecular flexibility index (Phi) is 9.98. The average molecular weight is 850 g/mol. The molecule has 4 atom stereocenters.